The minimum absolute atomic E-state index is 0.132. The zero-order valence-electron chi connectivity index (χ0n) is 17.1. The highest BCUT2D eigenvalue weighted by molar-refractivity contribution is 8.01. The first-order valence-corrected chi connectivity index (χ1v) is 11.8. The Morgan fingerprint density at radius 2 is 1.45 bits per heavy atom. The molecule has 0 radical (unpaired) electrons. The Morgan fingerprint density at radius 3 is 2.21 bits per heavy atom. The van der Waals surface area contributed by atoms with Crippen LogP contribution in [0, 0.1) is 0 Å². The summed E-state index contributed by atoms with van der Waals surface area (Å²) in [6, 6.07) is 21.2. The Balaban J connectivity index is 1.22. The van der Waals surface area contributed by atoms with Crippen LogP contribution in [0.1, 0.15) is 31.8 Å². The zero-order valence-corrected chi connectivity index (χ0v) is 18.7. The summed E-state index contributed by atoms with van der Waals surface area (Å²) in [5, 5.41) is 14.8. The first-order valence-electron chi connectivity index (χ1n) is 9.99. The number of carbonyl (C=O) groups is 3. The van der Waals surface area contributed by atoms with Crippen LogP contribution in [0.15, 0.2) is 77.1 Å². The maximum atomic E-state index is 12.8. The molecule has 1 aliphatic carbocycles. The van der Waals surface area contributed by atoms with E-state index in [9.17, 15) is 14.4 Å². The Labute approximate surface area is 197 Å². The second-order valence-corrected chi connectivity index (χ2v) is 9.37. The second kappa shape index (κ2) is 8.97. The molecule has 9 heteroatoms. The number of thioether (sulfide) groups is 1. The van der Waals surface area contributed by atoms with E-state index in [0.29, 0.717) is 37.4 Å². The summed E-state index contributed by atoms with van der Waals surface area (Å²) in [6.07, 6.45) is 0. The highest BCUT2D eigenvalue weighted by atomic mass is 32.2. The molecule has 5 rings (SSSR count). The van der Waals surface area contributed by atoms with Crippen molar-refractivity contribution in [1.82, 2.24) is 10.2 Å². The molecule has 7 nitrogen and oxygen atoms in total. The minimum Gasteiger partial charge on any atom is -0.330 e. The highest BCUT2D eigenvalue weighted by Crippen LogP contribution is 2.30. The third-order valence-corrected chi connectivity index (χ3v) is 6.94. The molecule has 1 amide bonds. The van der Waals surface area contributed by atoms with Gasteiger partial charge < -0.3 is 10.6 Å². The molecule has 0 fully saturated rings. The normalized spacial score (nSPS) is 12.1. The van der Waals surface area contributed by atoms with E-state index in [2.05, 4.69) is 20.8 Å². The third-order valence-electron chi connectivity index (χ3n) is 4.97. The Bertz CT molecular complexity index is 1390. The molecule has 4 aromatic rings. The van der Waals surface area contributed by atoms with Gasteiger partial charge in [-0.05, 0) is 30.3 Å². The van der Waals surface area contributed by atoms with Gasteiger partial charge in [0.15, 0.2) is 15.9 Å². The molecule has 0 aliphatic heterocycles. The van der Waals surface area contributed by atoms with Crippen molar-refractivity contribution in [3.8, 4) is 0 Å². The summed E-state index contributed by atoms with van der Waals surface area (Å²) in [5.74, 6) is -0.530. The molecule has 3 aromatic carbocycles. The summed E-state index contributed by atoms with van der Waals surface area (Å²) < 4.78 is 0.659. The van der Waals surface area contributed by atoms with Gasteiger partial charge >= 0.3 is 0 Å². The average Bonchev–Trinajstić information content (AvgIpc) is 3.29. The number of para-hydroxylation sites is 1. The monoisotopic (exact) mass is 472 g/mol. The molecule has 0 bridgehead atoms. The van der Waals surface area contributed by atoms with Crippen LogP contribution in [-0.2, 0) is 4.79 Å². The maximum Gasteiger partial charge on any atom is 0.234 e. The fourth-order valence-electron chi connectivity index (χ4n) is 3.47. The average molecular weight is 473 g/mol. The summed E-state index contributed by atoms with van der Waals surface area (Å²) in [6.45, 7) is 0. The standard InChI is InChI=1S/C24H16N4O3S2/c29-20(13-32-24-28-27-23(33-24)26-14-6-2-1-3-7-14)25-15-10-11-18-19(12-15)22(31)17-9-5-4-8-16(17)21(18)30/h1-12H,13H2,(H,25,29)(H,26,27). The third kappa shape index (κ3) is 4.41. The molecular formula is C24H16N4O3S2. The van der Waals surface area contributed by atoms with E-state index in [1.165, 1.54) is 23.1 Å². The van der Waals surface area contributed by atoms with E-state index in [0.717, 1.165) is 5.69 Å². The van der Waals surface area contributed by atoms with Crippen LogP contribution in [0.3, 0.4) is 0 Å². The molecule has 1 aromatic heterocycles. The van der Waals surface area contributed by atoms with Crippen molar-refractivity contribution in [3.63, 3.8) is 0 Å². The fraction of sp³-hybridized carbons (Fsp3) is 0.0417. The van der Waals surface area contributed by atoms with Crippen LogP contribution >= 0.6 is 23.1 Å². The molecule has 0 saturated carbocycles. The zero-order chi connectivity index (χ0) is 22.8. The molecule has 33 heavy (non-hydrogen) atoms. The van der Waals surface area contributed by atoms with Crippen LogP contribution in [0.25, 0.3) is 0 Å². The van der Waals surface area contributed by atoms with Gasteiger partial charge in [-0.25, -0.2) is 0 Å². The number of amides is 1. The lowest BCUT2D eigenvalue weighted by atomic mass is 9.84. The molecule has 0 saturated heterocycles. The van der Waals surface area contributed by atoms with E-state index >= 15 is 0 Å². The van der Waals surface area contributed by atoms with Crippen LogP contribution in [0.2, 0.25) is 0 Å². The van der Waals surface area contributed by atoms with E-state index in [-0.39, 0.29) is 23.2 Å². The molecule has 1 heterocycles. The van der Waals surface area contributed by atoms with Crippen molar-refractivity contribution < 1.29 is 14.4 Å². The first-order chi connectivity index (χ1) is 16.1. The number of anilines is 3. The number of benzene rings is 3. The molecular weight excluding hydrogens is 456 g/mol. The molecule has 0 spiro atoms. The molecule has 1 aliphatic rings. The van der Waals surface area contributed by atoms with Gasteiger partial charge in [0.2, 0.25) is 11.0 Å². The predicted molar refractivity (Wildman–Crippen MR) is 129 cm³/mol. The van der Waals surface area contributed by atoms with Crippen molar-refractivity contribution in [2.75, 3.05) is 16.4 Å². The van der Waals surface area contributed by atoms with Crippen LogP contribution < -0.4 is 10.6 Å². The summed E-state index contributed by atoms with van der Waals surface area (Å²) >= 11 is 2.63. The minimum atomic E-state index is -0.247. The summed E-state index contributed by atoms with van der Waals surface area (Å²) in [7, 11) is 0. The number of hydrogen-bond acceptors (Lipinski definition) is 8. The number of carbonyl (C=O) groups excluding carboxylic acids is 3. The predicted octanol–water partition coefficient (Wildman–Crippen LogP) is 4.79. The first kappa shape index (κ1) is 21.0. The lowest BCUT2D eigenvalue weighted by molar-refractivity contribution is -0.113. The lowest BCUT2D eigenvalue weighted by Gasteiger charge is -2.18. The van der Waals surface area contributed by atoms with Gasteiger partial charge in [0.1, 0.15) is 0 Å². The molecule has 0 atom stereocenters. The Kier molecular flexibility index (Phi) is 5.72. The van der Waals surface area contributed by atoms with Gasteiger partial charge in [-0.2, -0.15) is 0 Å². The smallest absolute Gasteiger partial charge is 0.234 e. The maximum absolute atomic E-state index is 12.8. The van der Waals surface area contributed by atoms with Gasteiger partial charge in [-0.15, -0.1) is 10.2 Å². The summed E-state index contributed by atoms with van der Waals surface area (Å²) in [4.78, 5) is 38.0. The number of nitrogens with zero attached hydrogens (tertiary/aromatic N) is 2. The van der Waals surface area contributed by atoms with E-state index in [4.69, 9.17) is 0 Å². The topological polar surface area (TPSA) is 101 Å². The SMILES string of the molecule is O=C(CSc1nnc(Nc2ccccc2)s1)Nc1ccc2c(c1)C(=O)c1ccccc1C2=O. The number of fused-ring (bicyclic) bond motifs is 2. The van der Waals surface area contributed by atoms with Crippen molar-refractivity contribution in [1.29, 1.82) is 0 Å². The van der Waals surface area contributed by atoms with Crippen molar-refractivity contribution in [2.24, 2.45) is 0 Å². The number of hydrogen-bond donors (Lipinski definition) is 2. The fourth-order valence-corrected chi connectivity index (χ4v) is 5.04. The highest BCUT2D eigenvalue weighted by Gasteiger charge is 2.29. The van der Waals surface area contributed by atoms with E-state index < -0.39 is 0 Å². The Hall–Kier alpha value is -3.82. The number of rotatable bonds is 6. The summed E-state index contributed by atoms with van der Waals surface area (Å²) in [5.41, 5.74) is 2.80. The largest absolute Gasteiger partial charge is 0.330 e. The van der Waals surface area contributed by atoms with Crippen molar-refractivity contribution in [3.05, 3.63) is 95.1 Å². The van der Waals surface area contributed by atoms with E-state index in [1.54, 1.807) is 42.5 Å². The second-order valence-electron chi connectivity index (χ2n) is 7.17. The number of ketones is 2. The van der Waals surface area contributed by atoms with Gasteiger partial charge in [-0.3, -0.25) is 14.4 Å². The van der Waals surface area contributed by atoms with Crippen LogP contribution in [-0.4, -0.2) is 33.4 Å². The van der Waals surface area contributed by atoms with Crippen LogP contribution in [0.5, 0.6) is 0 Å². The molecule has 0 unspecified atom stereocenters. The van der Waals surface area contributed by atoms with Crippen LogP contribution in [0.4, 0.5) is 16.5 Å². The molecule has 162 valence electrons. The van der Waals surface area contributed by atoms with Crippen molar-refractivity contribution in [2.45, 2.75) is 4.34 Å². The van der Waals surface area contributed by atoms with E-state index in [1.807, 2.05) is 30.3 Å². The number of nitrogens with one attached hydrogen (secondary N) is 2. The molecule has 2 N–H and O–H groups in total. The van der Waals surface area contributed by atoms with Gasteiger partial charge in [0.25, 0.3) is 0 Å². The Morgan fingerprint density at radius 1 is 0.788 bits per heavy atom. The number of aromatic nitrogens is 2. The van der Waals surface area contributed by atoms with Gasteiger partial charge in [0.05, 0.1) is 5.75 Å². The van der Waals surface area contributed by atoms with Gasteiger partial charge in [0, 0.05) is 33.6 Å². The lowest BCUT2D eigenvalue weighted by Crippen LogP contribution is -2.21. The van der Waals surface area contributed by atoms with Gasteiger partial charge in [-0.1, -0.05) is 65.6 Å². The quantitative estimate of drug-likeness (QED) is 0.343. The van der Waals surface area contributed by atoms with Crippen molar-refractivity contribution >= 4 is 57.1 Å².